The van der Waals surface area contributed by atoms with Crippen LogP contribution in [0.25, 0.3) is 0 Å². The summed E-state index contributed by atoms with van der Waals surface area (Å²) in [6.07, 6.45) is 0.636. The Hall–Kier alpha value is -1.99. The van der Waals surface area contributed by atoms with Crippen molar-refractivity contribution in [3.05, 3.63) is 39.9 Å². The van der Waals surface area contributed by atoms with Gasteiger partial charge in [-0.1, -0.05) is 12.1 Å². The van der Waals surface area contributed by atoms with Crippen LogP contribution in [0.15, 0.2) is 24.3 Å². The lowest BCUT2D eigenvalue weighted by molar-refractivity contribution is -0.384. The Bertz CT molecular complexity index is 469. The molecule has 20 heavy (non-hydrogen) atoms. The number of benzene rings is 1. The van der Waals surface area contributed by atoms with Crippen LogP contribution >= 0.6 is 0 Å². The lowest BCUT2D eigenvalue weighted by Crippen LogP contribution is -2.51. The molecule has 108 valence electrons. The standard InChI is InChI=1S/C13H17N3O4/c17-13(12-9-20-8-7-14-12)15-6-5-10-1-3-11(4-2-10)16(18)19/h1-4,12,14H,5-9H2,(H,15,17). The van der Waals surface area contributed by atoms with Crippen LogP contribution in [-0.2, 0) is 16.0 Å². The minimum Gasteiger partial charge on any atom is -0.378 e. The lowest BCUT2D eigenvalue weighted by Gasteiger charge is -2.22. The van der Waals surface area contributed by atoms with Crippen LogP contribution in [0, 0.1) is 10.1 Å². The number of nitrogens with one attached hydrogen (secondary N) is 2. The van der Waals surface area contributed by atoms with E-state index in [-0.39, 0.29) is 17.6 Å². The summed E-state index contributed by atoms with van der Waals surface area (Å²) in [4.78, 5) is 21.9. The van der Waals surface area contributed by atoms with Gasteiger partial charge in [-0.3, -0.25) is 14.9 Å². The summed E-state index contributed by atoms with van der Waals surface area (Å²) in [5, 5.41) is 16.4. The molecule has 2 N–H and O–H groups in total. The van der Waals surface area contributed by atoms with Gasteiger partial charge in [0.25, 0.3) is 5.69 Å². The number of carbonyl (C=O) groups excluding carboxylic acids is 1. The average molecular weight is 279 g/mol. The Balaban J connectivity index is 1.74. The molecule has 0 radical (unpaired) electrons. The van der Waals surface area contributed by atoms with Gasteiger partial charge in [-0.15, -0.1) is 0 Å². The van der Waals surface area contributed by atoms with Gasteiger partial charge in [-0.05, 0) is 12.0 Å². The number of ether oxygens (including phenoxy) is 1. The topological polar surface area (TPSA) is 93.5 Å². The fourth-order valence-corrected chi connectivity index (χ4v) is 1.97. The molecule has 0 spiro atoms. The molecule has 1 aliphatic heterocycles. The highest BCUT2D eigenvalue weighted by molar-refractivity contribution is 5.81. The zero-order valence-electron chi connectivity index (χ0n) is 11.0. The van der Waals surface area contributed by atoms with Crippen molar-refractivity contribution in [2.75, 3.05) is 26.3 Å². The van der Waals surface area contributed by atoms with E-state index in [0.717, 1.165) is 5.56 Å². The zero-order valence-corrected chi connectivity index (χ0v) is 11.0. The summed E-state index contributed by atoms with van der Waals surface area (Å²) in [5.41, 5.74) is 1.02. The van der Waals surface area contributed by atoms with Crippen molar-refractivity contribution >= 4 is 11.6 Å². The molecular formula is C13H17N3O4. The number of hydrogen-bond donors (Lipinski definition) is 2. The number of non-ortho nitro benzene ring substituents is 1. The summed E-state index contributed by atoms with van der Waals surface area (Å²) in [7, 11) is 0. The van der Waals surface area contributed by atoms with Crippen LogP contribution in [0.4, 0.5) is 5.69 Å². The van der Waals surface area contributed by atoms with Gasteiger partial charge < -0.3 is 15.4 Å². The number of amides is 1. The van der Waals surface area contributed by atoms with E-state index in [4.69, 9.17) is 4.74 Å². The number of nitro benzene ring substituents is 1. The van der Waals surface area contributed by atoms with Crippen molar-refractivity contribution in [2.24, 2.45) is 0 Å². The summed E-state index contributed by atoms with van der Waals surface area (Å²) >= 11 is 0. The van der Waals surface area contributed by atoms with Gasteiger partial charge in [0, 0.05) is 25.2 Å². The normalized spacial score (nSPS) is 18.5. The molecule has 7 nitrogen and oxygen atoms in total. The Morgan fingerprint density at radius 2 is 2.20 bits per heavy atom. The first-order chi connectivity index (χ1) is 9.66. The van der Waals surface area contributed by atoms with E-state index < -0.39 is 4.92 Å². The highest BCUT2D eigenvalue weighted by atomic mass is 16.6. The van der Waals surface area contributed by atoms with Gasteiger partial charge in [0.1, 0.15) is 6.04 Å². The first kappa shape index (κ1) is 14.4. The number of hydrogen-bond acceptors (Lipinski definition) is 5. The second kappa shape index (κ2) is 6.97. The average Bonchev–Trinajstić information content (AvgIpc) is 2.48. The lowest BCUT2D eigenvalue weighted by atomic mass is 10.1. The third-order valence-electron chi connectivity index (χ3n) is 3.10. The van der Waals surface area contributed by atoms with E-state index in [9.17, 15) is 14.9 Å². The maximum atomic E-state index is 11.8. The molecular weight excluding hydrogens is 262 g/mol. The van der Waals surface area contributed by atoms with Crippen LogP contribution in [0.2, 0.25) is 0 Å². The molecule has 7 heteroatoms. The minimum absolute atomic E-state index is 0.0707. The number of nitro groups is 1. The van der Waals surface area contributed by atoms with E-state index in [2.05, 4.69) is 10.6 Å². The predicted molar refractivity (Wildman–Crippen MR) is 72.4 cm³/mol. The van der Waals surface area contributed by atoms with Gasteiger partial charge in [0.2, 0.25) is 5.91 Å². The van der Waals surface area contributed by atoms with Gasteiger partial charge in [-0.25, -0.2) is 0 Å². The molecule has 2 rings (SSSR count). The number of nitrogens with zero attached hydrogens (tertiary/aromatic N) is 1. The molecule has 0 bridgehead atoms. The third-order valence-corrected chi connectivity index (χ3v) is 3.10. The van der Waals surface area contributed by atoms with Gasteiger partial charge in [0.15, 0.2) is 0 Å². The van der Waals surface area contributed by atoms with E-state index >= 15 is 0 Å². The van der Waals surface area contributed by atoms with Crippen LogP contribution in [-0.4, -0.2) is 43.2 Å². The van der Waals surface area contributed by atoms with E-state index in [0.29, 0.717) is 32.7 Å². The van der Waals surface area contributed by atoms with E-state index in [1.54, 1.807) is 12.1 Å². The Labute approximate surface area is 116 Å². The highest BCUT2D eigenvalue weighted by Crippen LogP contribution is 2.11. The molecule has 1 unspecified atom stereocenters. The Morgan fingerprint density at radius 1 is 1.45 bits per heavy atom. The maximum Gasteiger partial charge on any atom is 0.269 e. The van der Waals surface area contributed by atoms with Crippen molar-refractivity contribution in [1.29, 1.82) is 0 Å². The molecule has 1 atom stereocenters. The largest absolute Gasteiger partial charge is 0.378 e. The minimum atomic E-state index is -0.430. The van der Waals surface area contributed by atoms with Crippen LogP contribution in [0.5, 0.6) is 0 Å². The molecule has 0 aromatic heterocycles. The second-order valence-corrected chi connectivity index (χ2v) is 4.55. The predicted octanol–water partition coefficient (Wildman–Crippen LogP) is 0.242. The van der Waals surface area contributed by atoms with Crippen LogP contribution in [0.1, 0.15) is 5.56 Å². The molecule has 0 aliphatic carbocycles. The van der Waals surface area contributed by atoms with Crippen molar-refractivity contribution in [3.63, 3.8) is 0 Å². The molecule has 0 saturated carbocycles. The maximum absolute atomic E-state index is 11.8. The fourth-order valence-electron chi connectivity index (χ4n) is 1.97. The zero-order chi connectivity index (χ0) is 14.4. The Kier molecular flexibility index (Phi) is 5.03. The van der Waals surface area contributed by atoms with Crippen molar-refractivity contribution in [3.8, 4) is 0 Å². The molecule has 1 amide bonds. The third kappa shape index (κ3) is 4.01. The van der Waals surface area contributed by atoms with Gasteiger partial charge in [0.05, 0.1) is 18.1 Å². The first-order valence-electron chi connectivity index (χ1n) is 6.49. The summed E-state index contributed by atoms with van der Waals surface area (Å²) in [6, 6.07) is 6.04. The van der Waals surface area contributed by atoms with E-state index in [1.807, 2.05) is 0 Å². The second-order valence-electron chi connectivity index (χ2n) is 4.55. The van der Waals surface area contributed by atoms with Crippen molar-refractivity contribution in [1.82, 2.24) is 10.6 Å². The molecule has 1 heterocycles. The first-order valence-corrected chi connectivity index (χ1v) is 6.49. The monoisotopic (exact) mass is 279 g/mol. The molecule has 1 fully saturated rings. The van der Waals surface area contributed by atoms with Gasteiger partial charge in [-0.2, -0.15) is 0 Å². The smallest absolute Gasteiger partial charge is 0.269 e. The van der Waals surface area contributed by atoms with Gasteiger partial charge >= 0.3 is 0 Å². The number of morpholine rings is 1. The van der Waals surface area contributed by atoms with Crippen LogP contribution < -0.4 is 10.6 Å². The van der Waals surface area contributed by atoms with Crippen LogP contribution in [0.3, 0.4) is 0 Å². The highest BCUT2D eigenvalue weighted by Gasteiger charge is 2.20. The molecule has 1 saturated heterocycles. The van der Waals surface area contributed by atoms with Crippen molar-refractivity contribution in [2.45, 2.75) is 12.5 Å². The summed E-state index contributed by atoms with van der Waals surface area (Å²) < 4.78 is 5.22. The molecule has 1 aromatic rings. The summed E-state index contributed by atoms with van der Waals surface area (Å²) in [6.45, 7) is 2.20. The quantitative estimate of drug-likeness (QED) is 0.595. The fraction of sp³-hybridized carbons (Fsp3) is 0.462. The SMILES string of the molecule is O=C(NCCc1ccc([N+](=O)[O-])cc1)C1COCCN1. The molecule has 1 aromatic carbocycles. The number of carbonyl (C=O) groups is 1. The molecule has 1 aliphatic rings. The number of rotatable bonds is 5. The van der Waals surface area contributed by atoms with E-state index in [1.165, 1.54) is 12.1 Å². The van der Waals surface area contributed by atoms with Crippen molar-refractivity contribution < 1.29 is 14.5 Å². The Morgan fingerprint density at radius 3 is 2.80 bits per heavy atom. The summed E-state index contributed by atoms with van der Waals surface area (Å²) in [5.74, 6) is -0.0772.